The Labute approximate surface area is 121 Å². The molecule has 1 aliphatic carbocycles. The maximum Gasteiger partial charge on any atom is 0.119 e. The van der Waals surface area contributed by atoms with Gasteiger partial charge >= 0.3 is 0 Å². The van der Waals surface area contributed by atoms with Crippen molar-refractivity contribution < 1.29 is 4.74 Å². The number of nitrogens with one attached hydrogen (secondary N) is 1. The van der Waals surface area contributed by atoms with Gasteiger partial charge in [-0.25, -0.2) is 0 Å². The fourth-order valence-electron chi connectivity index (χ4n) is 2.73. The standard InChI is InChI=1S/C16H24ClNO/c1-12-10-15(11-13(2)16(12)17)19-9-8-18-14-6-4-3-5-7-14/h10-11,14,18H,3-9H2,1-2H3. The number of hydrogen-bond donors (Lipinski definition) is 1. The first kappa shape index (κ1) is 14.7. The Morgan fingerprint density at radius 1 is 1.16 bits per heavy atom. The van der Waals surface area contributed by atoms with Crippen LogP contribution in [0.25, 0.3) is 0 Å². The van der Waals surface area contributed by atoms with E-state index in [1.165, 1.54) is 32.1 Å². The minimum atomic E-state index is 0.700. The van der Waals surface area contributed by atoms with Crippen LogP contribution in [0.2, 0.25) is 5.02 Å². The fraction of sp³-hybridized carbons (Fsp3) is 0.625. The molecule has 3 heteroatoms. The molecule has 0 heterocycles. The topological polar surface area (TPSA) is 21.3 Å². The zero-order valence-corrected chi connectivity index (χ0v) is 12.7. The lowest BCUT2D eigenvalue weighted by Crippen LogP contribution is -2.34. The molecule has 2 nitrogen and oxygen atoms in total. The van der Waals surface area contributed by atoms with E-state index < -0.39 is 0 Å². The lowest BCUT2D eigenvalue weighted by molar-refractivity contribution is 0.289. The molecule has 0 atom stereocenters. The van der Waals surface area contributed by atoms with Gasteiger partial charge in [-0.2, -0.15) is 0 Å². The summed E-state index contributed by atoms with van der Waals surface area (Å²) in [4.78, 5) is 0. The summed E-state index contributed by atoms with van der Waals surface area (Å²) in [6.45, 7) is 5.67. The molecule has 0 aliphatic heterocycles. The van der Waals surface area contributed by atoms with Crippen LogP contribution in [0.15, 0.2) is 12.1 Å². The Kier molecular flexibility index (Phi) is 5.53. The Balaban J connectivity index is 1.73. The van der Waals surface area contributed by atoms with Gasteiger partial charge in [0.2, 0.25) is 0 Å². The number of halogens is 1. The van der Waals surface area contributed by atoms with Crippen LogP contribution in [0, 0.1) is 13.8 Å². The molecule has 0 saturated heterocycles. The van der Waals surface area contributed by atoms with Gasteiger partial charge in [-0.15, -0.1) is 0 Å². The van der Waals surface area contributed by atoms with E-state index in [9.17, 15) is 0 Å². The Bertz CT molecular complexity index is 390. The summed E-state index contributed by atoms with van der Waals surface area (Å²) in [5.74, 6) is 0.921. The molecule has 1 saturated carbocycles. The maximum absolute atomic E-state index is 6.14. The molecule has 1 aromatic carbocycles. The van der Waals surface area contributed by atoms with Crippen LogP contribution in [0.4, 0.5) is 0 Å². The molecular weight excluding hydrogens is 258 g/mol. The van der Waals surface area contributed by atoms with Gasteiger partial charge in [0.15, 0.2) is 0 Å². The summed E-state index contributed by atoms with van der Waals surface area (Å²) < 4.78 is 5.79. The minimum absolute atomic E-state index is 0.700. The first-order chi connectivity index (χ1) is 9.16. The lowest BCUT2D eigenvalue weighted by Gasteiger charge is -2.22. The smallest absolute Gasteiger partial charge is 0.119 e. The third kappa shape index (κ3) is 4.39. The maximum atomic E-state index is 6.14. The van der Waals surface area contributed by atoms with Crippen LogP contribution in [0.5, 0.6) is 5.75 Å². The molecule has 0 bridgehead atoms. The predicted octanol–water partition coefficient (Wildman–Crippen LogP) is 4.26. The van der Waals surface area contributed by atoms with E-state index in [2.05, 4.69) is 5.32 Å². The van der Waals surface area contributed by atoms with Crippen molar-refractivity contribution in [3.8, 4) is 5.75 Å². The normalized spacial score (nSPS) is 16.6. The molecule has 1 N–H and O–H groups in total. The van der Waals surface area contributed by atoms with E-state index in [4.69, 9.17) is 16.3 Å². The van der Waals surface area contributed by atoms with Crippen LogP contribution < -0.4 is 10.1 Å². The first-order valence-electron chi connectivity index (χ1n) is 7.30. The largest absolute Gasteiger partial charge is 0.492 e. The van der Waals surface area contributed by atoms with Crippen LogP contribution in [-0.2, 0) is 0 Å². The van der Waals surface area contributed by atoms with Gasteiger partial charge in [0.1, 0.15) is 12.4 Å². The van der Waals surface area contributed by atoms with Gasteiger partial charge in [-0.05, 0) is 49.9 Å². The molecule has 0 amide bonds. The molecule has 0 radical (unpaired) electrons. The van der Waals surface area contributed by atoms with Gasteiger partial charge in [-0.3, -0.25) is 0 Å². The monoisotopic (exact) mass is 281 g/mol. The highest BCUT2D eigenvalue weighted by Gasteiger charge is 2.12. The molecule has 0 unspecified atom stereocenters. The highest BCUT2D eigenvalue weighted by Crippen LogP contribution is 2.25. The Morgan fingerprint density at radius 3 is 2.42 bits per heavy atom. The van der Waals surface area contributed by atoms with Crippen molar-refractivity contribution >= 4 is 11.6 Å². The second kappa shape index (κ2) is 7.16. The van der Waals surface area contributed by atoms with Crippen molar-refractivity contribution in [1.29, 1.82) is 0 Å². The second-order valence-corrected chi connectivity index (χ2v) is 5.89. The van der Waals surface area contributed by atoms with Crippen molar-refractivity contribution in [2.75, 3.05) is 13.2 Å². The first-order valence-corrected chi connectivity index (χ1v) is 7.67. The van der Waals surface area contributed by atoms with Crippen LogP contribution in [0.3, 0.4) is 0 Å². The summed E-state index contributed by atoms with van der Waals surface area (Å²) in [7, 11) is 0. The molecule has 106 valence electrons. The number of rotatable bonds is 5. The molecular formula is C16H24ClNO. The summed E-state index contributed by atoms with van der Waals surface area (Å²) >= 11 is 6.14. The number of aryl methyl sites for hydroxylation is 2. The van der Waals surface area contributed by atoms with E-state index in [0.29, 0.717) is 6.04 Å². The minimum Gasteiger partial charge on any atom is -0.492 e. The number of benzene rings is 1. The summed E-state index contributed by atoms with van der Waals surface area (Å²) in [6, 6.07) is 4.72. The SMILES string of the molecule is Cc1cc(OCCNC2CCCCC2)cc(C)c1Cl. The van der Waals surface area contributed by atoms with Crippen molar-refractivity contribution in [1.82, 2.24) is 5.32 Å². The molecule has 19 heavy (non-hydrogen) atoms. The van der Waals surface area contributed by atoms with Gasteiger partial charge < -0.3 is 10.1 Å². The van der Waals surface area contributed by atoms with Gasteiger partial charge in [0.25, 0.3) is 0 Å². The highest BCUT2D eigenvalue weighted by molar-refractivity contribution is 6.32. The summed E-state index contributed by atoms with van der Waals surface area (Å²) in [5, 5.41) is 4.42. The molecule has 1 fully saturated rings. The Hall–Kier alpha value is -0.730. The van der Waals surface area contributed by atoms with Crippen molar-refractivity contribution in [3.63, 3.8) is 0 Å². The highest BCUT2D eigenvalue weighted by atomic mass is 35.5. The van der Waals surface area contributed by atoms with E-state index in [0.717, 1.165) is 35.1 Å². The third-order valence-electron chi connectivity index (χ3n) is 3.82. The van der Waals surface area contributed by atoms with E-state index in [1.807, 2.05) is 26.0 Å². The van der Waals surface area contributed by atoms with Gasteiger partial charge in [-0.1, -0.05) is 30.9 Å². The third-order valence-corrected chi connectivity index (χ3v) is 4.42. The molecule has 1 aromatic rings. The zero-order valence-electron chi connectivity index (χ0n) is 12.0. The van der Waals surface area contributed by atoms with E-state index >= 15 is 0 Å². The predicted molar refractivity (Wildman–Crippen MR) is 81.3 cm³/mol. The van der Waals surface area contributed by atoms with Crippen LogP contribution in [-0.4, -0.2) is 19.2 Å². The average Bonchev–Trinajstić information content (AvgIpc) is 2.42. The van der Waals surface area contributed by atoms with Gasteiger partial charge in [0, 0.05) is 17.6 Å². The number of hydrogen-bond acceptors (Lipinski definition) is 2. The quantitative estimate of drug-likeness (QED) is 0.815. The van der Waals surface area contributed by atoms with Crippen molar-refractivity contribution in [2.24, 2.45) is 0 Å². The van der Waals surface area contributed by atoms with E-state index in [-0.39, 0.29) is 0 Å². The fourth-order valence-corrected chi connectivity index (χ4v) is 2.84. The van der Waals surface area contributed by atoms with Crippen LogP contribution >= 0.6 is 11.6 Å². The Morgan fingerprint density at radius 2 is 1.79 bits per heavy atom. The van der Waals surface area contributed by atoms with Crippen molar-refractivity contribution in [2.45, 2.75) is 52.0 Å². The average molecular weight is 282 g/mol. The van der Waals surface area contributed by atoms with Gasteiger partial charge in [0.05, 0.1) is 0 Å². The zero-order chi connectivity index (χ0) is 13.7. The van der Waals surface area contributed by atoms with Crippen LogP contribution in [0.1, 0.15) is 43.2 Å². The van der Waals surface area contributed by atoms with E-state index in [1.54, 1.807) is 0 Å². The summed E-state index contributed by atoms with van der Waals surface area (Å²) in [5.41, 5.74) is 2.16. The molecule has 2 rings (SSSR count). The van der Waals surface area contributed by atoms with Crippen molar-refractivity contribution in [3.05, 3.63) is 28.3 Å². The number of ether oxygens (including phenoxy) is 1. The summed E-state index contributed by atoms with van der Waals surface area (Å²) in [6.07, 6.45) is 6.78. The molecule has 1 aliphatic rings. The molecule has 0 spiro atoms. The second-order valence-electron chi connectivity index (χ2n) is 5.51. The lowest BCUT2D eigenvalue weighted by atomic mass is 9.96. The molecule has 0 aromatic heterocycles.